The van der Waals surface area contributed by atoms with Crippen molar-refractivity contribution in [2.24, 2.45) is 0 Å². The fraction of sp³-hybridized carbons (Fsp3) is 0.294. The molecular weight excluding hydrogens is 234 g/mol. The van der Waals surface area contributed by atoms with Crippen LogP contribution in [0.1, 0.15) is 30.9 Å². The van der Waals surface area contributed by atoms with Gasteiger partial charge in [-0.2, -0.15) is 0 Å². The molecule has 0 aliphatic carbocycles. The molecule has 0 unspecified atom stereocenters. The average Bonchev–Trinajstić information content (AvgIpc) is 2.46. The highest BCUT2D eigenvalue weighted by atomic mass is 16.5. The Kier molecular flexibility index (Phi) is 3.16. The van der Waals surface area contributed by atoms with Crippen LogP contribution in [0, 0.1) is 0 Å². The van der Waals surface area contributed by atoms with Crippen molar-refractivity contribution >= 4 is 5.69 Å². The third-order valence-corrected chi connectivity index (χ3v) is 3.61. The summed E-state index contributed by atoms with van der Waals surface area (Å²) in [5, 5.41) is 0. The van der Waals surface area contributed by atoms with Gasteiger partial charge in [0.15, 0.2) is 6.73 Å². The van der Waals surface area contributed by atoms with E-state index in [1.807, 2.05) is 12.1 Å². The summed E-state index contributed by atoms with van der Waals surface area (Å²) in [5.41, 5.74) is 3.92. The Morgan fingerprint density at radius 1 is 1.00 bits per heavy atom. The Hall–Kier alpha value is -1.96. The number of ether oxygens (including phenoxy) is 1. The Morgan fingerprint density at radius 2 is 1.74 bits per heavy atom. The third kappa shape index (κ3) is 2.30. The second-order valence-electron chi connectivity index (χ2n) is 5.29. The molecule has 0 saturated heterocycles. The van der Waals surface area contributed by atoms with E-state index in [9.17, 15) is 0 Å². The van der Waals surface area contributed by atoms with E-state index in [0.29, 0.717) is 12.6 Å². The van der Waals surface area contributed by atoms with Crippen molar-refractivity contribution in [1.82, 2.24) is 0 Å². The predicted molar refractivity (Wildman–Crippen MR) is 78.7 cm³/mol. The molecule has 2 heteroatoms. The van der Waals surface area contributed by atoms with Crippen molar-refractivity contribution in [1.29, 1.82) is 0 Å². The van der Waals surface area contributed by atoms with Crippen LogP contribution in [0.3, 0.4) is 0 Å². The lowest BCUT2D eigenvalue weighted by atomic mass is 10.00. The molecule has 0 radical (unpaired) electrons. The first-order valence-electron chi connectivity index (χ1n) is 6.80. The monoisotopic (exact) mass is 253 g/mol. The van der Waals surface area contributed by atoms with Gasteiger partial charge in [0, 0.05) is 17.8 Å². The highest BCUT2D eigenvalue weighted by molar-refractivity contribution is 5.56. The molecule has 1 heterocycles. The van der Waals surface area contributed by atoms with E-state index in [0.717, 1.165) is 12.3 Å². The van der Waals surface area contributed by atoms with Crippen molar-refractivity contribution in [2.45, 2.75) is 26.3 Å². The lowest BCUT2D eigenvalue weighted by Gasteiger charge is -2.32. The number of anilines is 1. The maximum absolute atomic E-state index is 5.85. The second kappa shape index (κ2) is 4.96. The SMILES string of the molecule is CC(C)c1ccccc1N1COc2ccccc2C1. The quantitative estimate of drug-likeness (QED) is 0.796. The first-order valence-corrected chi connectivity index (χ1v) is 6.80. The van der Waals surface area contributed by atoms with E-state index in [4.69, 9.17) is 4.74 Å². The van der Waals surface area contributed by atoms with Gasteiger partial charge in [-0.1, -0.05) is 50.2 Å². The van der Waals surface area contributed by atoms with Gasteiger partial charge in [-0.3, -0.25) is 0 Å². The van der Waals surface area contributed by atoms with Gasteiger partial charge in [0.1, 0.15) is 5.75 Å². The number of para-hydroxylation sites is 2. The molecule has 0 spiro atoms. The molecule has 1 aliphatic heterocycles. The van der Waals surface area contributed by atoms with E-state index in [1.54, 1.807) is 0 Å². The summed E-state index contributed by atoms with van der Waals surface area (Å²) in [5.74, 6) is 1.54. The van der Waals surface area contributed by atoms with Crippen molar-refractivity contribution in [3.63, 3.8) is 0 Å². The van der Waals surface area contributed by atoms with Crippen molar-refractivity contribution in [2.75, 3.05) is 11.6 Å². The zero-order valence-corrected chi connectivity index (χ0v) is 11.5. The van der Waals surface area contributed by atoms with Crippen LogP contribution in [-0.4, -0.2) is 6.73 Å². The molecule has 2 nitrogen and oxygen atoms in total. The second-order valence-corrected chi connectivity index (χ2v) is 5.29. The Balaban J connectivity index is 1.93. The van der Waals surface area contributed by atoms with Crippen LogP contribution in [0.15, 0.2) is 48.5 Å². The van der Waals surface area contributed by atoms with E-state index < -0.39 is 0 Å². The van der Waals surface area contributed by atoms with E-state index in [1.165, 1.54) is 16.8 Å². The summed E-state index contributed by atoms with van der Waals surface area (Å²) >= 11 is 0. The largest absolute Gasteiger partial charge is 0.473 e. The Labute approximate surface area is 114 Å². The molecule has 2 aromatic carbocycles. The molecule has 0 aromatic heterocycles. The minimum absolute atomic E-state index is 0.522. The van der Waals surface area contributed by atoms with Crippen molar-refractivity contribution in [3.8, 4) is 5.75 Å². The van der Waals surface area contributed by atoms with E-state index >= 15 is 0 Å². The molecule has 19 heavy (non-hydrogen) atoms. The van der Waals surface area contributed by atoms with Crippen molar-refractivity contribution in [3.05, 3.63) is 59.7 Å². The summed E-state index contributed by atoms with van der Waals surface area (Å²) in [4.78, 5) is 2.30. The number of fused-ring (bicyclic) bond motifs is 1. The molecule has 0 bridgehead atoms. The number of rotatable bonds is 2. The van der Waals surface area contributed by atoms with Gasteiger partial charge in [0.25, 0.3) is 0 Å². The minimum Gasteiger partial charge on any atom is -0.473 e. The summed E-state index contributed by atoms with van der Waals surface area (Å²) in [6, 6.07) is 16.9. The number of hydrogen-bond acceptors (Lipinski definition) is 2. The molecule has 3 rings (SSSR count). The lowest BCUT2D eigenvalue weighted by molar-refractivity contribution is 0.289. The maximum Gasteiger partial charge on any atom is 0.161 e. The molecule has 0 amide bonds. The molecule has 98 valence electrons. The molecule has 0 saturated carbocycles. The topological polar surface area (TPSA) is 12.5 Å². The predicted octanol–water partition coefficient (Wildman–Crippen LogP) is 4.17. The molecule has 0 atom stereocenters. The molecule has 2 aromatic rings. The Morgan fingerprint density at radius 3 is 2.58 bits per heavy atom. The van der Waals surface area contributed by atoms with Crippen LogP contribution in [0.25, 0.3) is 0 Å². The third-order valence-electron chi connectivity index (χ3n) is 3.61. The first-order chi connectivity index (χ1) is 9.25. The van der Waals surface area contributed by atoms with Gasteiger partial charge in [0.2, 0.25) is 0 Å². The standard InChI is InChI=1S/C17H19NO/c1-13(2)15-8-4-5-9-16(15)18-11-14-7-3-6-10-17(14)19-12-18/h3-10,13H,11-12H2,1-2H3. The van der Waals surface area contributed by atoms with Crippen LogP contribution in [-0.2, 0) is 6.54 Å². The van der Waals surface area contributed by atoms with Gasteiger partial charge in [-0.25, -0.2) is 0 Å². The highest BCUT2D eigenvalue weighted by Crippen LogP contribution is 2.32. The molecule has 0 fully saturated rings. The highest BCUT2D eigenvalue weighted by Gasteiger charge is 2.19. The van der Waals surface area contributed by atoms with Crippen molar-refractivity contribution < 1.29 is 4.74 Å². The summed E-state index contributed by atoms with van der Waals surface area (Å²) in [7, 11) is 0. The van der Waals surface area contributed by atoms with Crippen LogP contribution in [0.2, 0.25) is 0 Å². The fourth-order valence-corrected chi connectivity index (χ4v) is 2.59. The Bertz CT molecular complexity index is 577. The number of nitrogens with zero attached hydrogens (tertiary/aromatic N) is 1. The van der Waals surface area contributed by atoms with E-state index in [-0.39, 0.29) is 0 Å². The normalized spacial score (nSPS) is 14.2. The van der Waals surface area contributed by atoms with Crippen LogP contribution >= 0.6 is 0 Å². The molecule has 1 aliphatic rings. The van der Waals surface area contributed by atoms with Gasteiger partial charge >= 0.3 is 0 Å². The fourth-order valence-electron chi connectivity index (χ4n) is 2.59. The zero-order chi connectivity index (χ0) is 13.2. The van der Waals surface area contributed by atoms with Gasteiger partial charge in [-0.15, -0.1) is 0 Å². The molecule has 0 N–H and O–H groups in total. The number of hydrogen-bond donors (Lipinski definition) is 0. The smallest absolute Gasteiger partial charge is 0.161 e. The minimum atomic E-state index is 0.522. The average molecular weight is 253 g/mol. The lowest BCUT2D eigenvalue weighted by Crippen LogP contribution is -2.32. The van der Waals surface area contributed by atoms with Gasteiger partial charge < -0.3 is 9.64 Å². The maximum atomic E-state index is 5.85. The summed E-state index contributed by atoms with van der Waals surface area (Å²) < 4.78 is 5.85. The van der Waals surface area contributed by atoms with Gasteiger partial charge in [0.05, 0.1) is 0 Å². The molecular formula is C17H19NO. The van der Waals surface area contributed by atoms with Crippen LogP contribution < -0.4 is 9.64 Å². The summed E-state index contributed by atoms with van der Waals surface area (Å²) in [6.07, 6.45) is 0. The summed E-state index contributed by atoms with van der Waals surface area (Å²) in [6.45, 7) is 6.01. The van der Waals surface area contributed by atoms with Gasteiger partial charge in [-0.05, 0) is 23.6 Å². The zero-order valence-electron chi connectivity index (χ0n) is 11.5. The number of benzene rings is 2. The van der Waals surface area contributed by atoms with E-state index in [2.05, 4.69) is 55.1 Å². The van der Waals surface area contributed by atoms with Crippen LogP contribution in [0.5, 0.6) is 5.75 Å². The first kappa shape index (κ1) is 12.1. The van der Waals surface area contributed by atoms with Crippen LogP contribution in [0.4, 0.5) is 5.69 Å².